The van der Waals surface area contributed by atoms with Gasteiger partial charge in [-0.15, -0.1) is 0 Å². The van der Waals surface area contributed by atoms with E-state index in [2.05, 4.69) is 39.2 Å². The first-order valence-electron chi connectivity index (χ1n) is 9.10. The third kappa shape index (κ3) is 4.79. The Morgan fingerprint density at radius 2 is 1.68 bits per heavy atom. The van der Waals surface area contributed by atoms with Gasteiger partial charge in [-0.05, 0) is 43.7 Å². The molecular weight excluding hydrogens is 352 g/mol. The van der Waals surface area contributed by atoms with E-state index >= 15 is 0 Å². The van der Waals surface area contributed by atoms with Gasteiger partial charge in [0.2, 0.25) is 0 Å². The van der Waals surface area contributed by atoms with Crippen LogP contribution in [0.25, 0.3) is 0 Å². The zero-order chi connectivity index (χ0) is 19.9. The maximum atomic E-state index is 12.4. The number of anilines is 2. The molecule has 0 bridgehead atoms. The lowest BCUT2D eigenvalue weighted by molar-refractivity contribution is 0.101. The van der Waals surface area contributed by atoms with Gasteiger partial charge in [0.25, 0.3) is 5.91 Å². The highest BCUT2D eigenvalue weighted by Gasteiger charge is 2.12. The number of amides is 1. The van der Waals surface area contributed by atoms with Gasteiger partial charge in [-0.1, -0.05) is 30.3 Å². The minimum atomic E-state index is -0.347. The predicted molar refractivity (Wildman–Crippen MR) is 110 cm³/mol. The molecule has 0 aliphatic carbocycles. The van der Waals surface area contributed by atoms with Gasteiger partial charge < -0.3 is 10.2 Å². The van der Waals surface area contributed by atoms with E-state index < -0.39 is 0 Å². The van der Waals surface area contributed by atoms with Crippen LogP contribution in [0.2, 0.25) is 0 Å². The largest absolute Gasteiger partial charge is 0.351 e. The minimum Gasteiger partial charge on any atom is -0.351 e. The molecule has 0 fully saturated rings. The van der Waals surface area contributed by atoms with E-state index in [-0.39, 0.29) is 17.4 Å². The fourth-order valence-corrected chi connectivity index (χ4v) is 2.74. The van der Waals surface area contributed by atoms with Crippen molar-refractivity contribution in [3.8, 4) is 0 Å². The number of aromatic nitrogens is 2. The van der Waals surface area contributed by atoms with Crippen molar-refractivity contribution in [3.63, 3.8) is 0 Å². The first-order chi connectivity index (χ1) is 13.6. The Balaban J connectivity index is 1.67. The fourth-order valence-electron chi connectivity index (χ4n) is 2.74. The van der Waals surface area contributed by atoms with Crippen molar-refractivity contribution >= 4 is 23.2 Å². The van der Waals surface area contributed by atoms with Crippen LogP contribution in [-0.2, 0) is 6.54 Å². The highest BCUT2D eigenvalue weighted by atomic mass is 16.2. The molecule has 0 aliphatic heterocycles. The summed E-state index contributed by atoms with van der Waals surface area (Å²) in [6.45, 7) is 5.05. The van der Waals surface area contributed by atoms with Crippen LogP contribution in [0.5, 0.6) is 0 Å². The van der Waals surface area contributed by atoms with Gasteiger partial charge in [0.15, 0.2) is 5.78 Å². The van der Waals surface area contributed by atoms with Gasteiger partial charge in [0.05, 0.1) is 12.4 Å². The summed E-state index contributed by atoms with van der Waals surface area (Å²) < 4.78 is 0. The van der Waals surface area contributed by atoms with Crippen LogP contribution >= 0.6 is 0 Å². The summed E-state index contributed by atoms with van der Waals surface area (Å²) in [6, 6.07) is 16.9. The third-order valence-corrected chi connectivity index (χ3v) is 4.34. The average molecular weight is 374 g/mol. The van der Waals surface area contributed by atoms with Crippen LogP contribution in [0.15, 0.2) is 67.0 Å². The van der Waals surface area contributed by atoms with Gasteiger partial charge in [-0.25, -0.2) is 9.97 Å². The Bertz CT molecular complexity index is 939. The Morgan fingerprint density at radius 3 is 2.25 bits per heavy atom. The van der Waals surface area contributed by atoms with E-state index in [9.17, 15) is 9.59 Å². The second-order valence-electron chi connectivity index (χ2n) is 6.35. The van der Waals surface area contributed by atoms with Crippen molar-refractivity contribution < 1.29 is 9.59 Å². The van der Waals surface area contributed by atoms with E-state index in [4.69, 9.17) is 0 Å². The smallest absolute Gasteiger partial charge is 0.275 e. The number of rotatable bonds is 7. The summed E-state index contributed by atoms with van der Waals surface area (Å²) in [4.78, 5) is 34.5. The zero-order valence-corrected chi connectivity index (χ0v) is 15.9. The summed E-state index contributed by atoms with van der Waals surface area (Å²) in [5.41, 5.74) is 2.61. The number of ketones is 1. The van der Waals surface area contributed by atoms with Crippen molar-refractivity contribution in [2.45, 2.75) is 20.4 Å². The van der Waals surface area contributed by atoms with Crippen LogP contribution in [0, 0.1) is 0 Å². The lowest BCUT2D eigenvalue weighted by Gasteiger charge is -2.21. The Kier molecular flexibility index (Phi) is 6.11. The van der Waals surface area contributed by atoms with Gasteiger partial charge in [-0.2, -0.15) is 0 Å². The monoisotopic (exact) mass is 374 g/mol. The topological polar surface area (TPSA) is 75.2 Å². The normalized spacial score (nSPS) is 10.4. The second kappa shape index (κ2) is 8.90. The number of benzene rings is 2. The first kappa shape index (κ1) is 19.2. The maximum absolute atomic E-state index is 12.4. The molecule has 2 aromatic carbocycles. The van der Waals surface area contributed by atoms with Crippen molar-refractivity contribution in [3.05, 3.63) is 83.8 Å². The van der Waals surface area contributed by atoms with E-state index in [1.807, 2.05) is 18.2 Å². The van der Waals surface area contributed by atoms with Crippen LogP contribution in [-0.4, -0.2) is 28.2 Å². The SMILES string of the molecule is CCN(Cc1ccccc1)c1cnc(C(=O)Nc2ccc(C(C)=O)cc2)cn1. The van der Waals surface area contributed by atoms with Crippen molar-refractivity contribution in [1.29, 1.82) is 0 Å². The molecule has 6 nitrogen and oxygen atoms in total. The Hall–Kier alpha value is -3.54. The lowest BCUT2D eigenvalue weighted by atomic mass is 10.1. The number of nitrogens with one attached hydrogen (secondary N) is 1. The van der Waals surface area contributed by atoms with Crippen LogP contribution < -0.4 is 10.2 Å². The molecule has 0 unspecified atom stereocenters. The molecule has 1 aromatic heterocycles. The molecule has 0 saturated heterocycles. The average Bonchev–Trinajstić information content (AvgIpc) is 2.73. The summed E-state index contributed by atoms with van der Waals surface area (Å²) in [7, 11) is 0. The molecule has 1 N–H and O–H groups in total. The molecule has 142 valence electrons. The molecule has 0 aliphatic rings. The summed E-state index contributed by atoms with van der Waals surface area (Å²) in [6.07, 6.45) is 3.09. The second-order valence-corrected chi connectivity index (χ2v) is 6.35. The first-order valence-corrected chi connectivity index (χ1v) is 9.10. The van der Waals surface area contributed by atoms with Crippen molar-refractivity contribution in [2.24, 2.45) is 0 Å². The van der Waals surface area contributed by atoms with Crippen LogP contribution in [0.4, 0.5) is 11.5 Å². The number of nitrogens with zero attached hydrogens (tertiary/aromatic N) is 3. The van der Waals surface area contributed by atoms with Crippen molar-refractivity contribution in [2.75, 3.05) is 16.8 Å². The van der Waals surface area contributed by atoms with E-state index in [1.54, 1.807) is 30.5 Å². The number of hydrogen-bond donors (Lipinski definition) is 1. The van der Waals surface area contributed by atoms with Gasteiger partial charge in [0, 0.05) is 24.3 Å². The highest BCUT2D eigenvalue weighted by Crippen LogP contribution is 2.15. The molecule has 28 heavy (non-hydrogen) atoms. The molecule has 1 amide bonds. The van der Waals surface area contributed by atoms with Crippen LogP contribution in [0.3, 0.4) is 0 Å². The van der Waals surface area contributed by atoms with Gasteiger partial charge in [-0.3, -0.25) is 9.59 Å². The molecule has 0 atom stereocenters. The summed E-state index contributed by atoms with van der Waals surface area (Å²) in [5, 5.41) is 2.76. The molecule has 3 aromatic rings. The molecule has 0 saturated carbocycles. The fraction of sp³-hybridized carbons (Fsp3) is 0.182. The number of hydrogen-bond acceptors (Lipinski definition) is 5. The van der Waals surface area contributed by atoms with E-state index in [0.29, 0.717) is 17.1 Å². The third-order valence-electron chi connectivity index (χ3n) is 4.34. The predicted octanol–water partition coefficient (Wildman–Crippen LogP) is 3.96. The number of Topliss-reactive ketones (excluding diaryl/α,β-unsaturated/α-hetero) is 1. The van der Waals surface area contributed by atoms with Crippen molar-refractivity contribution in [1.82, 2.24) is 9.97 Å². The highest BCUT2D eigenvalue weighted by molar-refractivity contribution is 6.03. The lowest BCUT2D eigenvalue weighted by Crippen LogP contribution is -2.24. The zero-order valence-electron chi connectivity index (χ0n) is 15.9. The Morgan fingerprint density at radius 1 is 0.964 bits per heavy atom. The van der Waals surface area contributed by atoms with E-state index in [0.717, 1.165) is 13.1 Å². The summed E-state index contributed by atoms with van der Waals surface area (Å²) >= 11 is 0. The van der Waals surface area contributed by atoms with Gasteiger partial charge >= 0.3 is 0 Å². The number of carbonyl (C=O) groups is 2. The standard InChI is InChI=1S/C22H22N4O2/c1-3-26(15-17-7-5-4-6-8-17)21-14-23-20(13-24-21)22(28)25-19-11-9-18(10-12-19)16(2)27/h4-14H,3,15H2,1-2H3,(H,25,28). The van der Waals surface area contributed by atoms with Crippen LogP contribution in [0.1, 0.15) is 40.3 Å². The molecular formula is C22H22N4O2. The molecule has 0 spiro atoms. The van der Waals surface area contributed by atoms with E-state index in [1.165, 1.54) is 18.7 Å². The minimum absolute atomic E-state index is 0.0182. The molecule has 0 radical (unpaired) electrons. The molecule has 6 heteroatoms. The molecule has 3 rings (SSSR count). The van der Waals surface area contributed by atoms with Gasteiger partial charge in [0.1, 0.15) is 11.5 Å². The summed E-state index contributed by atoms with van der Waals surface area (Å²) in [5.74, 6) is 0.352. The molecule has 1 heterocycles. The quantitative estimate of drug-likeness (QED) is 0.634. The Labute approximate surface area is 164 Å². The number of carbonyl (C=O) groups excluding carboxylic acids is 2. The maximum Gasteiger partial charge on any atom is 0.275 e.